The smallest absolute Gasteiger partial charge is 0.257 e. The molecule has 0 spiro atoms. The van der Waals surface area contributed by atoms with Crippen molar-refractivity contribution in [3.63, 3.8) is 0 Å². The largest absolute Gasteiger partial charge is 0.494 e. The third kappa shape index (κ3) is 8.93. The summed E-state index contributed by atoms with van der Waals surface area (Å²) in [6.45, 7) is 10.4. The number of amides is 1. The van der Waals surface area contributed by atoms with Gasteiger partial charge in [0, 0.05) is 24.3 Å². The van der Waals surface area contributed by atoms with Crippen molar-refractivity contribution in [2.45, 2.75) is 37.5 Å². The van der Waals surface area contributed by atoms with E-state index < -0.39 is 10.0 Å². The van der Waals surface area contributed by atoms with Gasteiger partial charge in [-0.05, 0) is 67.2 Å². The molecule has 0 unspecified atom stereocenters. The van der Waals surface area contributed by atoms with Gasteiger partial charge in [0.2, 0.25) is 10.0 Å². The van der Waals surface area contributed by atoms with Crippen LogP contribution in [-0.2, 0) is 10.0 Å². The van der Waals surface area contributed by atoms with E-state index >= 15 is 0 Å². The van der Waals surface area contributed by atoms with E-state index in [1.54, 1.807) is 36.4 Å². The first-order chi connectivity index (χ1) is 16.8. The number of carbonyl (C=O) groups excluding carboxylic acids is 1. The second-order valence-electron chi connectivity index (χ2n) is 7.77. The number of hydrogen-bond donors (Lipinski definition) is 2. The van der Waals surface area contributed by atoms with Gasteiger partial charge in [-0.2, -0.15) is 4.31 Å². The summed E-state index contributed by atoms with van der Waals surface area (Å²) in [5.74, 6) is 0.356. The van der Waals surface area contributed by atoms with Crippen molar-refractivity contribution in [1.29, 1.82) is 0 Å². The maximum Gasteiger partial charge on any atom is 0.257 e. The first kappa shape index (κ1) is 28.2. The summed E-state index contributed by atoms with van der Waals surface area (Å²) in [5.41, 5.74) is 0.985. The minimum absolute atomic E-state index is 0.0989. The summed E-state index contributed by atoms with van der Waals surface area (Å²) in [4.78, 5) is 12.6. The standard InChI is InChI=1S/C26H33N3O4S2/c1-4-7-8-9-20-33-23-14-10-21(11-15-23)25(30)28-26(34)27-22-12-16-24(17-13-22)35(31,32)29(18-5-2)19-6-3/h5-6,10-17H,2-4,7-9,18-20H2,1H3,(H2,27,28,30,34). The highest BCUT2D eigenvalue weighted by Gasteiger charge is 2.22. The van der Waals surface area contributed by atoms with Crippen molar-refractivity contribution >= 4 is 38.9 Å². The quantitative estimate of drug-likeness (QED) is 0.206. The number of unbranched alkanes of at least 4 members (excludes halogenated alkanes) is 3. The van der Waals surface area contributed by atoms with Gasteiger partial charge in [0.1, 0.15) is 5.75 Å². The van der Waals surface area contributed by atoms with Crippen LogP contribution in [0.1, 0.15) is 43.0 Å². The molecule has 2 rings (SSSR count). The molecule has 0 radical (unpaired) electrons. The Kier molecular flexibility index (Phi) is 11.6. The minimum atomic E-state index is -3.69. The normalized spacial score (nSPS) is 11.0. The Morgan fingerprint density at radius 2 is 1.63 bits per heavy atom. The maximum absolute atomic E-state index is 12.8. The fraction of sp³-hybridized carbons (Fsp3) is 0.308. The SMILES string of the molecule is C=CCN(CC=C)S(=O)(=O)c1ccc(NC(=S)NC(=O)c2ccc(OCCCCCC)cc2)cc1. The third-order valence-electron chi connectivity index (χ3n) is 5.03. The van der Waals surface area contributed by atoms with Gasteiger partial charge in [-0.25, -0.2) is 8.42 Å². The number of thiocarbonyl (C=S) groups is 1. The summed E-state index contributed by atoms with van der Waals surface area (Å²) in [6, 6.07) is 13.0. The molecule has 2 aromatic carbocycles. The zero-order valence-electron chi connectivity index (χ0n) is 20.0. The zero-order chi connectivity index (χ0) is 25.7. The summed E-state index contributed by atoms with van der Waals surface area (Å²) in [6.07, 6.45) is 7.57. The molecule has 2 aromatic rings. The molecule has 0 fully saturated rings. The molecule has 1 amide bonds. The lowest BCUT2D eigenvalue weighted by Gasteiger charge is -2.19. The van der Waals surface area contributed by atoms with Gasteiger partial charge >= 0.3 is 0 Å². The summed E-state index contributed by atoms with van der Waals surface area (Å²) >= 11 is 5.23. The Hall–Kier alpha value is -3.01. The van der Waals surface area contributed by atoms with Crippen LogP contribution in [-0.4, -0.2) is 43.4 Å². The van der Waals surface area contributed by atoms with Crippen molar-refractivity contribution < 1.29 is 17.9 Å². The van der Waals surface area contributed by atoms with Crippen LogP contribution in [0.5, 0.6) is 5.75 Å². The van der Waals surface area contributed by atoms with E-state index in [-0.39, 0.29) is 29.0 Å². The summed E-state index contributed by atoms with van der Waals surface area (Å²) < 4.78 is 32.5. The first-order valence-corrected chi connectivity index (χ1v) is 13.3. The molecular formula is C26H33N3O4S2. The van der Waals surface area contributed by atoms with E-state index in [4.69, 9.17) is 17.0 Å². The second kappa shape index (κ2) is 14.4. The van der Waals surface area contributed by atoms with E-state index in [9.17, 15) is 13.2 Å². The molecule has 0 aliphatic heterocycles. The molecular weight excluding hydrogens is 482 g/mol. The number of benzene rings is 2. The predicted octanol–water partition coefficient (Wildman–Crippen LogP) is 5.14. The zero-order valence-corrected chi connectivity index (χ0v) is 21.7. The number of nitrogens with zero attached hydrogens (tertiary/aromatic N) is 1. The van der Waals surface area contributed by atoms with Crippen molar-refractivity contribution in [3.05, 3.63) is 79.4 Å². The van der Waals surface area contributed by atoms with Crippen LogP contribution < -0.4 is 15.4 Å². The number of nitrogens with one attached hydrogen (secondary N) is 2. The molecule has 0 saturated heterocycles. The van der Waals surface area contributed by atoms with Gasteiger partial charge in [-0.15, -0.1) is 13.2 Å². The van der Waals surface area contributed by atoms with E-state index in [1.165, 1.54) is 41.4 Å². The summed E-state index contributed by atoms with van der Waals surface area (Å²) in [5, 5.41) is 5.61. The Balaban J connectivity index is 1.91. The van der Waals surface area contributed by atoms with E-state index in [2.05, 4.69) is 30.7 Å². The van der Waals surface area contributed by atoms with Crippen molar-refractivity contribution in [1.82, 2.24) is 9.62 Å². The lowest BCUT2D eigenvalue weighted by atomic mass is 10.2. The Morgan fingerprint density at radius 3 is 2.20 bits per heavy atom. The van der Waals surface area contributed by atoms with Crippen LogP contribution in [0.25, 0.3) is 0 Å². The molecule has 0 saturated carbocycles. The van der Waals surface area contributed by atoms with Gasteiger partial charge < -0.3 is 10.1 Å². The average Bonchev–Trinajstić information content (AvgIpc) is 2.84. The van der Waals surface area contributed by atoms with Crippen molar-refractivity contribution in [2.75, 3.05) is 25.0 Å². The maximum atomic E-state index is 12.8. The van der Waals surface area contributed by atoms with Crippen LogP contribution in [0.4, 0.5) is 5.69 Å². The van der Waals surface area contributed by atoms with Crippen molar-refractivity contribution in [2.24, 2.45) is 0 Å². The van der Waals surface area contributed by atoms with Crippen molar-refractivity contribution in [3.8, 4) is 5.75 Å². The molecule has 0 aliphatic rings. The molecule has 35 heavy (non-hydrogen) atoms. The lowest BCUT2D eigenvalue weighted by Crippen LogP contribution is -2.34. The molecule has 9 heteroatoms. The number of sulfonamides is 1. The van der Waals surface area contributed by atoms with Gasteiger partial charge in [0.25, 0.3) is 5.91 Å². The predicted molar refractivity (Wildman–Crippen MR) is 145 cm³/mol. The van der Waals surface area contributed by atoms with Crippen LogP contribution in [0.15, 0.2) is 78.7 Å². The van der Waals surface area contributed by atoms with Crippen LogP contribution in [0.3, 0.4) is 0 Å². The Morgan fingerprint density at radius 1 is 1.00 bits per heavy atom. The topological polar surface area (TPSA) is 87.7 Å². The van der Waals surface area contributed by atoms with Crippen LogP contribution >= 0.6 is 12.2 Å². The van der Waals surface area contributed by atoms with Gasteiger partial charge in [-0.1, -0.05) is 38.3 Å². The average molecular weight is 516 g/mol. The highest BCUT2D eigenvalue weighted by Crippen LogP contribution is 2.19. The Labute approximate surface area is 213 Å². The van der Waals surface area contributed by atoms with Gasteiger partial charge in [0.15, 0.2) is 5.11 Å². The van der Waals surface area contributed by atoms with Gasteiger partial charge in [-0.3, -0.25) is 10.1 Å². The molecule has 0 aromatic heterocycles. The van der Waals surface area contributed by atoms with E-state index in [0.717, 1.165) is 12.8 Å². The fourth-order valence-corrected chi connectivity index (χ4v) is 4.77. The highest BCUT2D eigenvalue weighted by molar-refractivity contribution is 7.89. The molecule has 2 N–H and O–H groups in total. The number of hydrogen-bond acceptors (Lipinski definition) is 5. The fourth-order valence-electron chi connectivity index (χ4n) is 3.18. The van der Waals surface area contributed by atoms with Gasteiger partial charge in [0.05, 0.1) is 11.5 Å². The monoisotopic (exact) mass is 515 g/mol. The Bertz CT molecular complexity index is 1090. The van der Waals surface area contributed by atoms with Crippen LogP contribution in [0, 0.1) is 0 Å². The molecule has 0 atom stereocenters. The molecule has 0 bridgehead atoms. The summed E-state index contributed by atoms with van der Waals surface area (Å²) in [7, 11) is -3.69. The molecule has 0 heterocycles. The minimum Gasteiger partial charge on any atom is -0.494 e. The molecule has 188 valence electrons. The second-order valence-corrected chi connectivity index (χ2v) is 10.1. The molecule has 0 aliphatic carbocycles. The highest BCUT2D eigenvalue weighted by atomic mass is 32.2. The van der Waals surface area contributed by atoms with Crippen LogP contribution in [0.2, 0.25) is 0 Å². The van der Waals surface area contributed by atoms with E-state index in [1.807, 2.05) is 0 Å². The van der Waals surface area contributed by atoms with E-state index in [0.29, 0.717) is 23.6 Å². The third-order valence-corrected chi connectivity index (χ3v) is 7.08. The lowest BCUT2D eigenvalue weighted by molar-refractivity contribution is 0.0977. The first-order valence-electron chi connectivity index (χ1n) is 11.5. The number of rotatable bonds is 14. The number of anilines is 1. The molecule has 7 nitrogen and oxygen atoms in total. The number of ether oxygens (including phenoxy) is 1. The number of carbonyl (C=O) groups is 1.